The molecule has 172 valence electrons. The van der Waals surface area contributed by atoms with Crippen molar-refractivity contribution in [1.82, 2.24) is 14.3 Å². The van der Waals surface area contributed by atoms with Crippen LogP contribution in [0, 0.1) is 18.8 Å². The summed E-state index contributed by atoms with van der Waals surface area (Å²) in [4.78, 5) is 31.1. The number of amides is 1. The van der Waals surface area contributed by atoms with Gasteiger partial charge in [0.05, 0.1) is 27.8 Å². The monoisotopic (exact) mass is 487 g/mol. The zero-order valence-corrected chi connectivity index (χ0v) is 19.6. The normalized spacial score (nSPS) is 23.7. The Labute approximate surface area is 193 Å². The van der Waals surface area contributed by atoms with Gasteiger partial charge in [0.25, 0.3) is 0 Å². The molecule has 11 heteroatoms. The summed E-state index contributed by atoms with van der Waals surface area (Å²) in [5.41, 5.74) is 1.27. The number of thiazole rings is 1. The Balaban J connectivity index is 1.62. The summed E-state index contributed by atoms with van der Waals surface area (Å²) in [6.07, 6.45) is 2.13. The van der Waals surface area contributed by atoms with Gasteiger partial charge in [-0.3, -0.25) is 9.20 Å². The molecule has 0 spiro atoms. The minimum atomic E-state index is -3.88. The number of carboxylic acid groups (broad SMARTS) is 1. The molecule has 0 saturated carbocycles. The van der Waals surface area contributed by atoms with Crippen LogP contribution >= 0.6 is 11.3 Å². The van der Waals surface area contributed by atoms with Gasteiger partial charge in [-0.1, -0.05) is 24.6 Å². The zero-order valence-electron chi connectivity index (χ0n) is 18.0. The highest BCUT2D eigenvalue weighted by Gasteiger charge is 2.60. The van der Waals surface area contributed by atoms with Crippen LogP contribution in [0.15, 0.2) is 52.4 Å². The Hall–Kier alpha value is -3.02. The number of aliphatic hydroxyl groups excluding tert-OH is 1. The Morgan fingerprint density at radius 1 is 1.24 bits per heavy atom. The van der Waals surface area contributed by atoms with Crippen molar-refractivity contribution in [2.75, 3.05) is 0 Å². The number of fused-ring (bicyclic) bond motifs is 2. The highest BCUT2D eigenvalue weighted by atomic mass is 32.2. The molecule has 9 nitrogen and oxygen atoms in total. The van der Waals surface area contributed by atoms with Crippen molar-refractivity contribution < 1.29 is 28.2 Å². The summed E-state index contributed by atoms with van der Waals surface area (Å²) in [7, 11) is -3.88. The van der Waals surface area contributed by atoms with Crippen LogP contribution in [0.1, 0.15) is 24.3 Å². The fraction of sp³-hybridized carbons (Fsp3) is 0.318. The standard InChI is InChI=1S/C22H21N3O6S2/c1-10-4-6-13(7-5-10)33(30,31)19-21-24(9-23-19)8-14(32-21)15-11(2)17-16(12(3)26)20(27)25(17)18(15)22(28)29/h4-9,11-12,16-17,26H,1-3H3,(H,28,29)/t11-,12+,16+,17+/m0/s1. The van der Waals surface area contributed by atoms with Crippen molar-refractivity contribution >= 4 is 43.5 Å². The van der Waals surface area contributed by atoms with Crippen molar-refractivity contribution in [3.05, 3.63) is 52.9 Å². The second-order valence-corrected chi connectivity index (χ2v) is 11.4. The van der Waals surface area contributed by atoms with Crippen molar-refractivity contribution in [2.24, 2.45) is 11.8 Å². The van der Waals surface area contributed by atoms with Gasteiger partial charge >= 0.3 is 5.97 Å². The van der Waals surface area contributed by atoms with Crippen molar-refractivity contribution in [3.8, 4) is 0 Å². The quantitative estimate of drug-likeness (QED) is 0.528. The summed E-state index contributed by atoms with van der Waals surface area (Å²) in [6, 6.07) is 6.03. The van der Waals surface area contributed by atoms with Crippen LogP contribution in [0.3, 0.4) is 0 Å². The molecular formula is C22H21N3O6S2. The lowest BCUT2D eigenvalue weighted by atomic mass is 9.77. The van der Waals surface area contributed by atoms with Crippen LogP contribution < -0.4 is 0 Å². The fourth-order valence-corrected chi connectivity index (χ4v) is 7.61. The van der Waals surface area contributed by atoms with Crippen LogP contribution in [0.25, 0.3) is 10.4 Å². The van der Waals surface area contributed by atoms with E-state index in [2.05, 4.69) is 4.98 Å². The van der Waals surface area contributed by atoms with E-state index < -0.39 is 39.8 Å². The number of benzene rings is 1. The van der Waals surface area contributed by atoms with Gasteiger partial charge in [0.2, 0.25) is 15.7 Å². The van der Waals surface area contributed by atoms with Gasteiger partial charge in [0, 0.05) is 17.7 Å². The first-order valence-corrected chi connectivity index (χ1v) is 12.6. The third kappa shape index (κ3) is 2.99. The van der Waals surface area contributed by atoms with E-state index in [9.17, 15) is 28.2 Å². The molecule has 1 aromatic carbocycles. The number of rotatable bonds is 5. The third-order valence-electron chi connectivity index (χ3n) is 6.41. The van der Waals surface area contributed by atoms with Crippen molar-refractivity contribution in [3.63, 3.8) is 0 Å². The second-order valence-electron chi connectivity index (χ2n) is 8.50. The van der Waals surface area contributed by atoms with Crippen LogP contribution in [0.4, 0.5) is 0 Å². The number of nitrogens with zero attached hydrogens (tertiary/aromatic N) is 3. The Morgan fingerprint density at radius 3 is 2.52 bits per heavy atom. The number of sulfone groups is 1. The second kappa shape index (κ2) is 7.24. The molecule has 1 saturated heterocycles. The van der Waals surface area contributed by atoms with Gasteiger partial charge in [-0.2, -0.15) is 0 Å². The van der Waals surface area contributed by atoms with Gasteiger partial charge in [0.15, 0.2) is 5.03 Å². The molecule has 1 amide bonds. The van der Waals surface area contributed by atoms with Crippen molar-refractivity contribution in [2.45, 2.75) is 42.8 Å². The van der Waals surface area contributed by atoms with Crippen LogP contribution in [0.5, 0.6) is 0 Å². The van der Waals surface area contributed by atoms with Crippen LogP contribution in [-0.2, 0) is 19.4 Å². The number of hydrogen-bond acceptors (Lipinski definition) is 7. The van der Waals surface area contributed by atoms with Gasteiger partial charge in [-0.15, -0.1) is 11.3 Å². The van der Waals surface area contributed by atoms with E-state index in [1.807, 2.05) is 13.8 Å². The van der Waals surface area contributed by atoms with E-state index in [4.69, 9.17) is 0 Å². The van der Waals surface area contributed by atoms with Gasteiger partial charge < -0.3 is 15.1 Å². The number of carboxylic acids is 1. The molecule has 4 heterocycles. The fourth-order valence-electron chi connectivity index (χ4n) is 4.81. The maximum absolute atomic E-state index is 13.2. The molecule has 33 heavy (non-hydrogen) atoms. The molecule has 0 unspecified atom stereocenters. The highest BCUT2D eigenvalue weighted by Crippen LogP contribution is 2.51. The molecule has 3 aromatic rings. The summed E-state index contributed by atoms with van der Waals surface area (Å²) < 4.78 is 28.0. The largest absolute Gasteiger partial charge is 0.477 e. The average Bonchev–Trinajstić information content (AvgIpc) is 3.37. The number of aromatic nitrogens is 2. The number of carbonyl (C=O) groups excluding carboxylic acids is 1. The van der Waals surface area contributed by atoms with Crippen molar-refractivity contribution in [1.29, 1.82) is 0 Å². The van der Waals surface area contributed by atoms with E-state index in [-0.39, 0.29) is 21.5 Å². The minimum absolute atomic E-state index is 0.105. The molecule has 0 aliphatic carbocycles. The molecule has 2 N–H and O–H groups in total. The number of aliphatic carboxylic acids is 1. The molecule has 2 aliphatic heterocycles. The molecule has 2 aliphatic rings. The molecular weight excluding hydrogens is 466 g/mol. The smallest absolute Gasteiger partial charge is 0.352 e. The summed E-state index contributed by atoms with van der Waals surface area (Å²) >= 11 is 1.12. The minimum Gasteiger partial charge on any atom is -0.477 e. The van der Waals surface area contributed by atoms with E-state index >= 15 is 0 Å². The SMILES string of the molecule is Cc1ccc(S(=O)(=O)c2ncn3cc(C4=C(C(=O)O)N5C(=O)[C@H]([C@@H](C)O)[C@H]5[C@H]4C)sc23)cc1. The number of aryl methyl sites for hydroxylation is 1. The average molecular weight is 488 g/mol. The lowest BCUT2D eigenvalue weighted by molar-refractivity contribution is -0.163. The topological polar surface area (TPSA) is 129 Å². The summed E-state index contributed by atoms with van der Waals surface area (Å²) in [6.45, 7) is 5.21. The maximum Gasteiger partial charge on any atom is 0.352 e. The van der Waals surface area contributed by atoms with Crippen LogP contribution in [0.2, 0.25) is 0 Å². The Kier molecular flexibility index (Phi) is 4.78. The van der Waals surface area contributed by atoms with Gasteiger partial charge in [-0.05, 0) is 26.0 Å². The number of carbonyl (C=O) groups is 2. The molecule has 4 atom stereocenters. The molecule has 1 fully saturated rings. The first-order chi connectivity index (χ1) is 15.5. The number of β-lactam (4-membered cyclic amide) rings is 1. The number of imidazole rings is 1. The molecule has 0 bridgehead atoms. The predicted octanol–water partition coefficient (Wildman–Crippen LogP) is 2.19. The zero-order chi connectivity index (χ0) is 23.8. The summed E-state index contributed by atoms with van der Waals surface area (Å²) in [5.74, 6) is -2.67. The lowest BCUT2D eigenvalue weighted by Crippen LogP contribution is -2.63. The van der Waals surface area contributed by atoms with E-state index in [0.29, 0.717) is 15.3 Å². The number of aliphatic hydroxyl groups is 1. The lowest BCUT2D eigenvalue weighted by Gasteiger charge is -2.46. The Bertz CT molecular complexity index is 1450. The van der Waals surface area contributed by atoms with E-state index in [1.165, 1.54) is 30.3 Å². The number of hydrogen-bond donors (Lipinski definition) is 2. The maximum atomic E-state index is 13.2. The van der Waals surface area contributed by atoms with E-state index in [0.717, 1.165) is 16.9 Å². The Morgan fingerprint density at radius 2 is 1.91 bits per heavy atom. The van der Waals surface area contributed by atoms with Gasteiger partial charge in [-0.25, -0.2) is 18.2 Å². The third-order valence-corrected chi connectivity index (χ3v) is 9.38. The van der Waals surface area contributed by atoms with Crippen LogP contribution in [-0.4, -0.2) is 56.9 Å². The summed E-state index contributed by atoms with van der Waals surface area (Å²) in [5, 5.41) is 19.8. The van der Waals surface area contributed by atoms with E-state index in [1.54, 1.807) is 22.7 Å². The first kappa shape index (κ1) is 21.8. The highest BCUT2D eigenvalue weighted by molar-refractivity contribution is 7.91. The van der Waals surface area contributed by atoms with Gasteiger partial charge in [0.1, 0.15) is 16.9 Å². The molecule has 5 rings (SSSR count). The molecule has 0 radical (unpaired) electrons. The predicted molar refractivity (Wildman–Crippen MR) is 119 cm³/mol. The molecule has 2 aromatic heterocycles. The first-order valence-electron chi connectivity index (χ1n) is 10.3.